The molecule has 4 aliphatic rings. The van der Waals surface area contributed by atoms with Gasteiger partial charge in [-0.15, -0.1) is 0 Å². The number of halogens is 1. The average molecular weight is 485 g/mol. The number of fused-ring (bicyclic) bond motifs is 2. The van der Waals surface area contributed by atoms with Gasteiger partial charge in [0.1, 0.15) is 0 Å². The molecule has 0 amide bonds. The van der Waals surface area contributed by atoms with Crippen LogP contribution in [0.15, 0.2) is 65.7 Å². The van der Waals surface area contributed by atoms with Crippen LogP contribution in [0.1, 0.15) is 64.2 Å². The van der Waals surface area contributed by atoms with Crippen molar-refractivity contribution in [2.24, 2.45) is 4.99 Å². The molecule has 35 heavy (non-hydrogen) atoms. The lowest BCUT2D eigenvalue weighted by Crippen LogP contribution is -2.27. The summed E-state index contributed by atoms with van der Waals surface area (Å²) in [4.78, 5) is 10.4. The summed E-state index contributed by atoms with van der Waals surface area (Å²) in [5, 5.41) is 5.70. The zero-order valence-corrected chi connectivity index (χ0v) is 21.0. The number of nitrogens with one attached hydrogen (secondary N) is 1. The van der Waals surface area contributed by atoms with Crippen LogP contribution in [-0.4, -0.2) is 21.6 Å². The lowest BCUT2D eigenvalue weighted by Gasteiger charge is -2.26. The zero-order chi connectivity index (χ0) is 23.6. The molecule has 0 radical (unpaired) electrons. The van der Waals surface area contributed by atoms with Crippen molar-refractivity contribution in [3.63, 3.8) is 0 Å². The number of hydrogen-bond acceptors (Lipinski definition) is 3. The molecule has 2 saturated carbocycles. The van der Waals surface area contributed by atoms with E-state index < -0.39 is 0 Å². The van der Waals surface area contributed by atoms with Crippen LogP contribution < -0.4 is 10.7 Å². The summed E-state index contributed by atoms with van der Waals surface area (Å²) in [6.45, 7) is 0. The fourth-order valence-corrected chi connectivity index (χ4v) is 5.93. The van der Waals surface area contributed by atoms with Crippen LogP contribution in [0.2, 0.25) is 5.02 Å². The molecule has 1 N–H and O–H groups in total. The molecular formula is C30H33ClN4. The molecule has 1 aliphatic heterocycles. The van der Waals surface area contributed by atoms with Crippen molar-refractivity contribution in [1.29, 1.82) is 0 Å². The highest BCUT2D eigenvalue weighted by Crippen LogP contribution is 2.31. The largest absolute Gasteiger partial charge is 0.381 e. The van der Waals surface area contributed by atoms with Crippen LogP contribution >= 0.6 is 11.6 Å². The molecule has 0 saturated heterocycles. The van der Waals surface area contributed by atoms with Gasteiger partial charge < -0.3 is 9.88 Å². The van der Waals surface area contributed by atoms with Crippen molar-refractivity contribution < 1.29 is 0 Å². The van der Waals surface area contributed by atoms with Gasteiger partial charge in [0, 0.05) is 16.8 Å². The first kappa shape index (κ1) is 22.6. The Bertz CT molecular complexity index is 1350. The van der Waals surface area contributed by atoms with Gasteiger partial charge in [0.05, 0.1) is 39.5 Å². The normalized spacial score (nSPS) is 18.4. The molecule has 2 fully saturated rings. The van der Waals surface area contributed by atoms with Crippen molar-refractivity contribution in [1.82, 2.24) is 9.55 Å². The fraction of sp³-hybridized carbons (Fsp3) is 0.400. The third-order valence-corrected chi connectivity index (χ3v) is 7.90. The van der Waals surface area contributed by atoms with E-state index in [1.54, 1.807) is 0 Å². The zero-order valence-electron chi connectivity index (χ0n) is 20.2. The highest BCUT2D eigenvalue weighted by Gasteiger charge is 2.20. The lowest BCUT2D eigenvalue weighted by molar-refractivity contribution is 0.437. The van der Waals surface area contributed by atoms with Crippen LogP contribution in [0.3, 0.4) is 0 Å². The first-order chi connectivity index (χ1) is 17.2. The molecule has 180 valence electrons. The summed E-state index contributed by atoms with van der Waals surface area (Å²) >= 11 is 6.24. The number of aromatic nitrogens is 2. The number of hydrogen-bond donors (Lipinski definition) is 1. The highest BCUT2D eigenvalue weighted by molar-refractivity contribution is 6.30. The SMILES string of the molecule is Clc1ccc(-n2c3cc(=NC4CCCCC4)c(NC4CCCCC4)cc-3nc3ccccc32)cc1. The molecule has 2 aromatic carbocycles. The second-order valence-electron chi connectivity index (χ2n) is 10.2. The Kier molecular flexibility index (Phi) is 6.47. The van der Waals surface area contributed by atoms with Crippen molar-refractivity contribution >= 4 is 28.3 Å². The number of anilines is 1. The number of benzene rings is 3. The monoisotopic (exact) mass is 484 g/mol. The number of para-hydroxylation sites is 2. The summed E-state index contributed by atoms with van der Waals surface area (Å²) in [6, 6.07) is 21.9. The van der Waals surface area contributed by atoms with Gasteiger partial charge in [-0.05, 0) is 74.2 Å². The molecule has 0 atom stereocenters. The van der Waals surface area contributed by atoms with Gasteiger partial charge in [0.2, 0.25) is 0 Å². The van der Waals surface area contributed by atoms with Crippen molar-refractivity contribution in [2.45, 2.75) is 76.3 Å². The fourth-order valence-electron chi connectivity index (χ4n) is 5.81. The second kappa shape index (κ2) is 10.0. The highest BCUT2D eigenvalue weighted by atomic mass is 35.5. The molecule has 2 aromatic rings. The average Bonchev–Trinajstić information content (AvgIpc) is 2.90. The first-order valence-electron chi connectivity index (χ1n) is 13.3. The molecule has 4 nitrogen and oxygen atoms in total. The van der Waals surface area contributed by atoms with Gasteiger partial charge in [-0.2, -0.15) is 0 Å². The summed E-state index contributed by atoms with van der Waals surface area (Å²) in [6.07, 6.45) is 12.7. The van der Waals surface area contributed by atoms with Gasteiger partial charge in [-0.25, -0.2) is 4.98 Å². The molecule has 0 aromatic heterocycles. The van der Waals surface area contributed by atoms with E-state index >= 15 is 0 Å². The Balaban J connectivity index is 1.57. The van der Waals surface area contributed by atoms with Gasteiger partial charge in [-0.1, -0.05) is 62.3 Å². The Morgan fingerprint density at radius 3 is 2.31 bits per heavy atom. The minimum atomic E-state index is 0.408. The topological polar surface area (TPSA) is 42.2 Å². The molecule has 0 unspecified atom stereocenters. The maximum atomic E-state index is 6.24. The van der Waals surface area contributed by atoms with Crippen LogP contribution in [0.4, 0.5) is 5.69 Å². The Hall–Kier alpha value is -2.85. The molecule has 0 spiro atoms. The van der Waals surface area contributed by atoms with Crippen LogP contribution in [-0.2, 0) is 0 Å². The second-order valence-corrected chi connectivity index (χ2v) is 10.6. The summed E-state index contributed by atoms with van der Waals surface area (Å²) in [5.74, 6) is 0. The van der Waals surface area contributed by atoms with Crippen LogP contribution in [0, 0.1) is 0 Å². The van der Waals surface area contributed by atoms with Gasteiger partial charge in [0.25, 0.3) is 0 Å². The third kappa shape index (κ3) is 4.81. The quantitative estimate of drug-likeness (QED) is 0.301. The van der Waals surface area contributed by atoms with E-state index in [1.807, 2.05) is 12.1 Å². The maximum absolute atomic E-state index is 6.24. The molecule has 3 aliphatic carbocycles. The van der Waals surface area contributed by atoms with E-state index in [9.17, 15) is 0 Å². The molecule has 5 heteroatoms. The minimum Gasteiger partial charge on any atom is -0.381 e. The van der Waals surface area contributed by atoms with E-state index in [1.165, 1.54) is 64.2 Å². The Morgan fingerprint density at radius 2 is 1.54 bits per heavy atom. The van der Waals surface area contributed by atoms with Crippen molar-refractivity contribution in [2.75, 3.05) is 5.32 Å². The third-order valence-electron chi connectivity index (χ3n) is 7.64. The van der Waals surface area contributed by atoms with Gasteiger partial charge in [-0.3, -0.25) is 4.99 Å². The number of rotatable bonds is 4. The predicted molar refractivity (Wildman–Crippen MR) is 146 cm³/mol. The lowest BCUT2D eigenvalue weighted by atomic mass is 9.95. The predicted octanol–water partition coefficient (Wildman–Crippen LogP) is 7.76. The van der Waals surface area contributed by atoms with Crippen LogP contribution in [0.5, 0.6) is 0 Å². The van der Waals surface area contributed by atoms with Crippen LogP contribution in [0.25, 0.3) is 28.1 Å². The van der Waals surface area contributed by atoms with E-state index in [4.69, 9.17) is 21.6 Å². The van der Waals surface area contributed by atoms with Crippen molar-refractivity contribution in [3.05, 3.63) is 71.0 Å². The maximum Gasteiger partial charge on any atom is 0.0900 e. The minimum absolute atomic E-state index is 0.408. The van der Waals surface area contributed by atoms with E-state index in [0.717, 1.165) is 44.2 Å². The summed E-state index contributed by atoms with van der Waals surface area (Å²) in [5.41, 5.74) is 6.35. The van der Waals surface area contributed by atoms with E-state index in [2.05, 4.69) is 58.4 Å². The number of nitrogens with zero attached hydrogens (tertiary/aromatic N) is 3. The summed E-state index contributed by atoms with van der Waals surface area (Å²) < 4.78 is 2.30. The molecule has 6 rings (SSSR count). The van der Waals surface area contributed by atoms with E-state index in [0.29, 0.717) is 12.1 Å². The summed E-state index contributed by atoms with van der Waals surface area (Å²) in [7, 11) is 0. The first-order valence-corrected chi connectivity index (χ1v) is 13.6. The molecular weight excluding hydrogens is 452 g/mol. The smallest absolute Gasteiger partial charge is 0.0900 e. The molecule has 1 heterocycles. The van der Waals surface area contributed by atoms with E-state index in [-0.39, 0.29) is 0 Å². The van der Waals surface area contributed by atoms with Gasteiger partial charge in [0.15, 0.2) is 0 Å². The van der Waals surface area contributed by atoms with Crippen molar-refractivity contribution in [3.8, 4) is 17.1 Å². The molecule has 0 bridgehead atoms. The Labute approximate surface area is 212 Å². The standard InChI is InChI=1S/C30H33ClN4/c31-21-15-17-24(18-16-21)35-29-14-8-7-13-25(29)34-28-19-26(32-22-9-3-1-4-10-22)27(20-30(28)35)33-23-11-5-2-6-12-23/h7-8,13-20,22-23,32H,1-6,9-12H2. The van der Waals surface area contributed by atoms with Gasteiger partial charge >= 0.3 is 0 Å². The Morgan fingerprint density at radius 1 is 0.829 bits per heavy atom.